The Bertz CT molecular complexity index is 670. The molecule has 0 saturated heterocycles. The number of benzene rings is 1. The van der Waals surface area contributed by atoms with Crippen LogP contribution in [0.5, 0.6) is 11.5 Å². The zero-order valence-corrected chi connectivity index (χ0v) is 14.5. The van der Waals surface area contributed by atoms with Crippen LogP contribution in [0.4, 0.5) is 5.69 Å². The largest absolute Gasteiger partial charge is 0.448 e. The van der Waals surface area contributed by atoms with Crippen molar-refractivity contribution in [2.75, 3.05) is 5.32 Å². The SMILES string of the molecule is C[C@]1(C(=O)Nc2ccc3c(c2)OC2(CCCCC2)O3)CC1(Cl)Cl. The molecule has 1 spiro atoms. The number of ether oxygens (including phenoxy) is 2. The van der Waals surface area contributed by atoms with Gasteiger partial charge in [0.25, 0.3) is 5.79 Å². The van der Waals surface area contributed by atoms with E-state index in [1.807, 2.05) is 18.2 Å². The van der Waals surface area contributed by atoms with Crippen LogP contribution in [-0.4, -0.2) is 16.0 Å². The van der Waals surface area contributed by atoms with Crippen molar-refractivity contribution in [1.29, 1.82) is 0 Å². The second-order valence-electron chi connectivity index (χ2n) is 7.00. The second-order valence-corrected chi connectivity index (χ2v) is 8.49. The van der Waals surface area contributed by atoms with E-state index in [1.54, 1.807) is 6.92 Å². The summed E-state index contributed by atoms with van der Waals surface area (Å²) in [4.78, 5) is 12.4. The highest BCUT2D eigenvalue weighted by atomic mass is 35.5. The number of amides is 1. The highest BCUT2D eigenvalue weighted by molar-refractivity contribution is 6.53. The summed E-state index contributed by atoms with van der Waals surface area (Å²) < 4.78 is 11.1. The Hall–Kier alpha value is -1.13. The normalized spacial score (nSPS) is 29.3. The summed E-state index contributed by atoms with van der Waals surface area (Å²) in [5.41, 5.74) is -0.0701. The fourth-order valence-corrected chi connectivity index (χ4v) is 4.09. The first-order valence-corrected chi connectivity index (χ1v) is 8.81. The maximum Gasteiger partial charge on any atom is 0.251 e. The zero-order chi connectivity index (χ0) is 16.3. The van der Waals surface area contributed by atoms with E-state index < -0.39 is 15.5 Å². The van der Waals surface area contributed by atoms with Crippen LogP contribution in [0.15, 0.2) is 18.2 Å². The van der Waals surface area contributed by atoms with Gasteiger partial charge in [0.2, 0.25) is 5.91 Å². The molecule has 0 radical (unpaired) electrons. The van der Waals surface area contributed by atoms with Gasteiger partial charge in [0.1, 0.15) is 4.33 Å². The van der Waals surface area contributed by atoms with E-state index >= 15 is 0 Å². The molecule has 124 valence electrons. The molecule has 1 heterocycles. The Balaban J connectivity index is 1.49. The lowest BCUT2D eigenvalue weighted by molar-refractivity contribution is -0.120. The highest BCUT2D eigenvalue weighted by Crippen LogP contribution is 2.64. The van der Waals surface area contributed by atoms with Gasteiger partial charge in [0.05, 0.1) is 5.41 Å². The van der Waals surface area contributed by atoms with Gasteiger partial charge in [0, 0.05) is 24.6 Å². The van der Waals surface area contributed by atoms with Gasteiger partial charge in [-0.2, -0.15) is 0 Å². The van der Waals surface area contributed by atoms with Gasteiger partial charge in [0.15, 0.2) is 11.5 Å². The lowest BCUT2D eigenvalue weighted by atomic mass is 9.94. The lowest BCUT2D eigenvalue weighted by Crippen LogP contribution is -2.40. The Morgan fingerprint density at radius 2 is 1.78 bits per heavy atom. The molecular weight excluding hydrogens is 337 g/mol. The van der Waals surface area contributed by atoms with Gasteiger partial charge in [-0.05, 0) is 38.3 Å². The zero-order valence-electron chi connectivity index (χ0n) is 13.0. The van der Waals surface area contributed by atoms with E-state index in [4.69, 9.17) is 32.7 Å². The molecule has 23 heavy (non-hydrogen) atoms. The molecule has 1 aromatic rings. The molecule has 1 N–H and O–H groups in total. The molecule has 0 unspecified atom stereocenters. The third-order valence-corrected chi connectivity index (χ3v) is 6.27. The van der Waals surface area contributed by atoms with E-state index in [0.29, 0.717) is 17.9 Å². The summed E-state index contributed by atoms with van der Waals surface area (Å²) in [6.07, 6.45) is 5.73. The first-order chi connectivity index (χ1) is 10.8. The second kappa shape index (κ2) is 4.93. The number of alkyl halides is 2. The fourth-order valence-electron chi connectivity index (χ4n) is 3.38. The van der Waals surface area contributed by atoms with Crippen molar-refractivity contribution in [1.82, 2.24) is 0 Å². The smallest absolute Gasteiger partial charge is 0.251 e. The van der Waals surface area contributed by atoms with E-state index in [-0.39, 0.29) is 5.91 Å². The predicted octanol–water partition coefficient (Wildman–Crippen LogP) is 4.64. The number of nitrogens with one attached hydrogen (secondary N) is 1. The van der Waals surface area contributed by atoms with Crippen LogP contribution in [0.25, 0.3) is 0 Å². The van der Waals surface area contributed by atoms with Gasteiger partial charge in [-0.3, -0.25) is 4.79 Å². The van der Waals surface area contributed by atoms with Crippen molar-refractivity contribution in [2.45, 2.75) is 55.6 Å². The van der Waals surface area contributed by atoms with Crippen molar-refractivity contribution in [2.24, 2.45) is 5.41 Å². The number of carbonyl (C=O) groups is 1. The molecule has 3 aliphatic rings. The van der Waals surface area contributed by atoms with Crippen molar-refractivity contribution >= 4 is 34.8 Å². The molecule has 4 nitrogen and oxygen atoms in total. The van der Waals surface area contributed by atoms with Gasteiger partial charge < -0.3 is 14.8 Å². The minimum absolute atomic E-state index is 0.172. The Kier molecular flexibility index (Phi) is 3.30. The minimum atomic E-state index is -0.973. The highest BCUT2D eigenvalue weighted by Gasteiger charge is 2.67. The van der Waals surface area contributed by atoms with Crippen LogP contribution in [-0.2, 0) is 4.79 Å². The van der Waals surface area contributed by atoms with Crippen molar-refractivity contribution in [3.8, 4) is 11.5 Å². The number of hydrogen-bond acceptors (Lipinski definition) is 3. The quantitative estimate of drug-likeness (QED) is 0.786. The number of hydrogen-bond donors (Lipinski definition) is 1. The van der Waals surface area contributed by atoms with Crippen LogP contribution in [0.3, 0.4) is 0 Å². The van der Waals surface area contributed by atoms with Crippen LogP contribution >= 0.6 is 23.2 Å². The van der Waals surface area contributed by atoms with Crippen molar-refractivity contribution in [3.63, 3.8) is 0 Å². The standard InChI is InChI=1S/C17H19Cl2NO3/c1-15(10-17(15,18)19)14(21)20-11-5-6-12-13(9-11)23-16(22-12)7-3-2-4-8-16/h5-6,9H,2-4,7-8,10H2,1H3,(H,20,21)/t15-/m1/s1. The van der Waals surface area contributed by atoms with Gasteiger partial charge >= 0.3 is 0 Å². The number of carbonyl (C=O) groups excluding carboxylic acids is 1. The minimum Gasteiger partial charge on any atom is -0.448 e. The summed E-state index contributed by atoms with van der Waals surface area (Å²) in [6.45, 7) is 1.77. The third kappa shape index (κ3) is 2.47. The predicted molar refractivity (Wildman–Crippen MR) is 89.3 cm³/mol. The van der Waals surface area contributed by atoms with Gasteiger partial charge in [-0.25, -0.2) is 0 Å². The molecule has 6 heteroatoms. The maximum atomic E-state index is 12.4. The molecule has 1 atom stereocenters. The molecular formula is C17H19Cl2NO3. The Morgan fingerprint density at radius 3 is 2.43 bits per heavy atom. The average Bonchev–Trinajstić information content (AvgIpc) is 2.86. The van der Waals surface area contributed by atoms with Crippen LogP contribution in [0.1, 0.15) is 45.4 Å². The summed E-state index contributed by atoms with van der Waals surface area (Å²) in [5, 5.41) is 2.88. The van der Waals surface area contributed by atoms with Crippen LogP contribution in [0.2, 0.25) is 0 Å². The van der Waals surface area contributed by atoms with Gasteiger partial charge in [-0.15, -0.1) is 23.2 Å². The van der Waals surface area contributed by atoms with E-state index in [9.17, 15) is 4.79 Å². The summed E-state index contributed by atoms with van der Waals surface area (Å²) in [7, 11) is 0. The maximum absolute atomic E-state index is 12.4. The lowest BCUT2D eigenvalue weighted by Gasteiger charge is -2.31. The summed E-state index contributed by atoms with van der Waals surface area (Å²) >= 11 is 12.1. The van der Waals surface area contributed by atoms with E-state index in [0.717, 1.165) is 31.4 Å². The Labute approximate surface area is 145 Å². The van der Waals surface area contributed by atoms with Crippen molar-refractivity contribution in [3.05, 3.63) is 18.2 Å². The average molecular weight is 356 g/mol. The molecule has 0 bridgehead atoms. The summed E-state index contributed by atoms with van der Waals surface area (Å²) in [6, 6.07) is 5.47. The number of fused-ring (bicyclic) bond motifs is 1. The molecule has 2 fully saturated rings. The number of anilines is 1. The first-order valence-electron chi connectivity index (χ1n) is 8.05. The molecule has 1 aromatic carbocycles. The molecule has 1 amide bonds. The van der Waals surface area contributed by atoms with E-state index in [1.165, 1.54) is 6.42 Å². The first kappa shape index (κ1) is 15.4. The molecule has 4 rings (SSSR count). The molecule has 2 saturated carbocycles. The molecule has 1 aliphatic heterocycles. The molecule has 2 aliphatic carbocycles. The van der Waals surface area contributed by atoms with E-state index in [2.05, 4.69) is 5.32 Å². The third-order valence-electron chi connectivity index (χ3n) is 5.17. The number of halogens is 2. The van der Waals surface area contributed by atoms with Crippen LogP contribution < -0.4 is 14.8 Å². The van der Waals surface area contributed by atoms with Crippen LogP contribution in [0, 0.1) is 5.41 Å². The Morgan fingerprint density at radius 1 is 1.13 bits per heavy atom. The summed E-state index contributed by atoms with van der Waals surface area (Å²) in [5.74, 6) is 0.751. The topological polar surface area (TPSA) is 47.6 Å². The van der Waals surface area contributed by atoms with Crippen molar-refractivity contribution < 1.29 is 14.3 Å². The monoisotopic (exact) mass is 355 g/mol. The fraction of sp³-hybridized carbons (Fsp3) is 0.588. The van der Waals surface area contributed by atoms with Gasteiger partial charge in [-0.1, -0.05) is 6.42 Å². The number of rotatable bonds is 2. The molecule has 0 aromatic heterocycles.